The fourth-order valence-electron chi connectivity index (χ4n) is 1.72. The van der Waals surface area contributed by atoms with Crippen LogP contribution in [0.5, 0.6) is 0 Å². The van der Waals surface area contributed by atoms with E-state index in [1.54, 1.807) is 0 Å². The first kappa shape index (κ1) is 13.0. The molecule has 1 aliphatic heterocycles. The van der Waals surface area contributed by atoms with E-state index in [0.717, 1.165) is 32.4 Å². The van der Waals surface area contributed by atoms with Gasteiger partial charge in [-0.1, -0.05) is 5.92 Å². The predicted molar refractivity (Wildman–Crippen MR) is 62.9 cm³/mol. The maximum absolute atomic E-state index is 11.4. The molecule has 0 aromatic rings. The third kappa shape index (κ3) is 4.65. The van der Waals surface area contributed by atoms with Gasteiger partial charge in [0.2, 0.25) is 5.91 Å². The van der Waals surface area contributed by atoms with E-state index in [9.17, 15) is 4.79 Å². The second kappa shape index (κ2) is 7.26. The van der Waals surface area contributed by atoms with Crippen molar-refractivity contribution in [3.63, 3.8) is 0 Å². The van der Waals surface area contributed by atoms with Crippen molar-refractivity contribution >= 4 is 5.91 Å². The highest BCUT2D eigenvalue weighted by atomic mass is 16.5. The van der Waals surface area contributed by atoms with Crippen LogP contribution in [0, 0.1) is 12.3 Å². The first-order chi connectivity index (χ1) is 7.74. The molecule has 0 aliphatic carbocycles. The number of hydrogen-bond donors (Lipinski definition) is 2. The molecule has 2 unspecified atom stereocenters. The van der Waals surface area contributed by atoms with Crippen LogP contribution in [-0.2, 0) is 9.53 Å². The summed E-state index contributed by atoms with van der Waals surface area (Å²) in [5.74, 6) is 2.32. The molecule has 1 saturated heterocycles. The van der Waals surface area contributed by atoms with E-state index in [1.807, 2.05) is 6.92 Å². The molecule has 2 atom stereocenters. The minimum absolute atomic E-state index is 0.0507. The van der Waals surface area contributed by atoms with Crippen LogP contribution in [0.4, 0.5) is 0 Å². The van der Waals surface area contributed by atoms with Crippen LogP contribution in [0.25, 0.3) is 0 Å². The van der Waals surface area contributed by atoms with Crippen molar-refractivity contribution < 1.29 is 9.53 Å². The van der Waals surface area contributed by atoms with Crippen molar-refractivity contribution in [3.05, 3.63) is 0 Å². The molecule has 4 heteroatoms. The van der Waals surface area contributed by atoms with Crippen molar-refractivity contribution in [2.75, 3.05) is 19.7 Å². The molecule has 1 heterocycles. The average Bonchev–Trinajstić information content (AvgIpc) is 2.78. The van der Waals surface area contributed by atoms with E-state index < -0.39 is 0 Å². The predicted octanol–water partition coefficient (Wildman–Crippen LogP) is 0.283. The lowest BCUT2D eigenvalue weighted by molar-refractivity contribution is -0.122. The van der Waals surface area contributed by atoms with Crippen molar-refractivity contribution in [2.24, 2.45) is 0 Å². The van der Waals surface area contributed by atoms with Crippen LogP contribution in [0.1, 0.15) is 26.2 Å². The summed E-state index contributed by atoms with van der Waals surface area (Å²) in [5, 5.41) is 5.80. The second-order valence-corrected chi connectivity index (χ2v) is 4.02. The highest BCUT2D eigenvalue weighted by molar-refractivity contribution is 5.81. The number of nitrogens with one attached hydrogen (secondary N) is 2. The Bertz CT molecular complexity index is 254. The smallest absolute Gasteiger partial charge is 0.237 e. The summed E-state index contributed by atoms with van der Waals surface area (Å²) < 4.78 is 5.49. The van der Waals surface area contributed by atoms with Crippen molar-refractivity contribution in [3.8, 4) is 12.3 Å². The van der Waals surface area contributed by atoms with E-state index in [0.29, 0.717) is 6.10 Å². The van der Waals surface area contributed by atoms with Crippen molar-refractivity contribution in [1.82, 2.24) is 10.6 Å². The standard InChI is InChI=1S/C12H20N2O2/c1-3-7-14-12(15)10(2)13-8-6-11-5-4-9-16-11/h1,10-11,13H,4-9H2,2H3,(H,14,15). The van der Waals surface area contributed by atoms with E-state index in [1.165, 1.54) is 0 Å². The van der Waals surface area contributed by atoms with Gasteiger partial charge in [-0.2, -0.15) is 0 Å². The Morgan fingerprint density at radius 1 is 1.69 bits per heavy atom. The molecular formula is C12H20N2O2. The maximum Gasteiger partial charge on any atom is 0.237 e. The Morgan fingerprint density at radius 3 is 3.12 bits per heavy atom. The number of terminal acetylenes is 1. The summed E-state index contributed by atoms with van der Waals surface area (Å²) in [5.41, 5.74) is 0. The summed E-state index contributed by atoms with van der Waals surface area (Å²) >= 11 is 0. The molecular weight excluding hydrogens is 204 g/mol. The minimum Gasteiger partial charge on any atom is -0.378 e. The molecule has 0 radical (unpaired) electrons. The van der Waals surface area contributed by atoms with Crippen LogP contribution in [0.3, 0.4) is 0 Å². The lowest BCUT2D eigenvalue weighted by Gasteiger charge is -2.14. The molecule has 0 saturated carbocycles. The van der Waals surface area contributed by atoms with E-state index in [-0.39, 0.29) is 18.5 Å². The third-order valence-electron chi connectivity index (χ3n) is 2.70. The Morgan fingerprint density at radius 2 is 2.50 bits per heavy atom. The summed E-state index contributed by atoms with van der Waals surface area (Å²) in [6.45, 7) is 3.80. The number of hydrogen-bond acceptors (Lipinski definition) is 3. The molecule has 0 bridgehead atoms. The number of carbonyl (C=O) groups excluding carboxylic acids is 1. The zero-order valence-electron chi connectivity index (χ0n) is 9.79. The Labute approximate surface area is 97.1 Å². The molecule has 1 amide bonds. The van der Waals surface area contributed by atoms with Gasteiger partial charge >= 0.3 is 0 Å². The Balaban J connectivity index is 2.07. The van der Waals surface area contributed by atoms with Crippen LogP contribution < -0.4 is 10.6 Å². The fourth-order valence-corrected chi connectivity index (χ4v) is 1.72. The first-order valence-corrected chi connectivity index (χ1v) is 5.80. The molecule has 1 rings (SSSR count). The minimum atomic E-state index is -0.199. The van der Waals surface area contributed by atoms with E-state index >= 15 is 0 Å². The van der Waals surface area contributed by atoms with Crippen LogP contribution in [-0.4, -0.2) is 37.7 Å². The molecule has 1 aliphatic rings. The molecule has 16 heavy (non-hydrogen) atoms. The third-order valence-corrected chi connectivity index (χ3v) is 2.70. The van der Waals surface area contributed by atoms with Crippen molar-refractivity contribution in [2.45, 2.75) is 38.3 Å². The van der Waals surface area contributed by atoms with Gasteiger partial charge in [0.15, 0.2) is 0 Å². The largest absolute Gasteiger partial charge is 0.378 e. The van der Waals surface area contributed by atoms with Gasteiger partial charge in [0.1, 0.15) is 0 Å². The number of carbonyl (C=O) groups is 1. The van der Waals surface area contributed by atoms with Gasteiger partial charge in [-0.25, -0.2) is 0 Å². The van der Waals surface area contributed by atoms with Gasteiger partial charge in [-0.05, 0) is 32.7 Å². The molecule has 2 N–H and O–H groups in total. The highest BCUT2D eigenvalue weighted by Crippen LogP contribution is 2.14. The zero-order valence-corrected chi connectivity index (χ0v) is 9.79. The molecule has 90 valence electrons. The summed E-state index contributed by atoms with van der Waals surface area (Å²) in [7, 11) is 0. The van der Waals surface area contributed by atoms with Gasteiger partial charge in [0.05, 0.1) is 18.7 Å². The SMILES string of the molecule is C#CCNC(=O)C(C)NCCC1CCCO1. The fraction of sp³-hybridized carbons (Fsp3) is 0.750. The van der Waals surface area contributed by atoms with Gasteiger partial charge in [-0.3, -0.25) is 4.79 Å². The van der Waals surface area contributed by atoms with Gasteiger partial charge in [0.25, 0.3) is 0 Å². The van der Waals surface area contributed by atoms with Crippen LogP contribution >= 0.6 is 0 Å². The number of ether oxygens (including phenoxy) is 1. The quantitative estimate of drug-likeness (QED) is 0.637. The molecule has 0 aromatic carbocycles. The molecule has 0 spiro atoms. The summed E-state index contributed by atoms with van der Waals surface area (Å²) in [4.78, 5) is 11.4. The van der Waals surface area contributed by atoms with Crippen LogP contribution in [0.15, 0.2) is 0 Å². The number of rotatable bonds is 6. The normalized spacial score (nSPS) is 21.4. The summed E-state index contributed by atoms with van der Waals surface area (Å²) in [6, 6.07) is -0.199. The van der Waals surface area contributed by atoms with E-state index in [2.05, 4.69) is 16.6 Å². The van der Waals surface area contributed by atoms with Crippen LogP contribution in [0.2, 0.25) is 0 Å². The van der Waals surface area contributed by atoms with Gasteiger partial charge in [-0.15, -0.1) is 6.42 Å². The van der Waals surface area contributed by atoms with E-state index in [4.69, 9.17) is 11.2 Å². The number of amides is 1. The Kier molecular flexibility index (Phi) is 5.91. The highest BCUT2D eigenvalue weighted by Gasteiger charge is 2.16. The molecule has 1 fully saturated rings. The second-order valence-electron chi connectivity index (χ2n) is 4.02. The maximum atomic E-state index is 11.4. The first-order valence-electron chi connectivity index (χ1n) is 5.80. The van der Waals surface area contributed by atoms with Crippen molar-refractivity contribution in [1.29, 1.82) is 0 Å². The summed E-state index contributed by atoms with van der Waals surface area (Å²) in [6.07, 6.45) is 8.69. The van der Waals surface area contributed by atoms with Gasteiger partial charge in [0, 0.05) is 6.61 Å². The molecule has 4 nitrogen and oxygen atoms in total. The average molecular weight is 224 g/mol. The zero-order chi connectivity index (χ0) is 11.8. The van der Waals surface area contributed by atoms with Gasteiger partial charge < -0.3 is 15.4 Å². The molecule has 0 aromatic heterocycles. The lowest BCUT2D eigenvalue weighted by Crippen LogP contribution is -2.43. The monoisotopic (exact) mass is 224 g/mol. The lowest BCUT2D eigenvalue weighted by atomic mass is 10.2. The topological polar surface area (TPSA) is 50.4 Å². The Hall–Kier alpha value is -1.05.